The summed E-state index contributed by atoms with van der Waals surface area (Å²) in [6.45, 7) is 8.39. The van der Waals surface area contributed by atoms with Crippen molar-refractivity contribution in [1.82, 2.24) is 0 Å². The molecule has 1 aromatic rings. The molecule has 0 fully saturated rings. The number of hydrogen-bond donors (Lipinski definition) is 1. The van der Waals surface area contributed by atoms with Crippen molar-refractivity contribution in [2.45, 2.75) is 25.0 Å². The van der Waals surface area contributed by atoms with E-state index in [-0.39, 0.29) is 4.75 Å². The van der Waals surface area contributed by atoms with Crippen LogP contribution in [0.1, 0.15) is 25.0 Å². The fraction of sp³-hybridized carbons (Fsp3) is 0.250. The van der Waals surface area contributed by atoms with Crippen LogP contribution in [0.5, 0.6) is 0 Å². The Morgan fingerprint density at radius 3 is 2.76 bits per heavy atom. The van der Waals surface area contributed by atoms with Crippen LogP contribution in [0.4, 0.5) is 0 Å². The molecule has 17 heavy (non-hydrogen) atoms. The van der Waals surface area contributed by atoms with Gasteiger partial charge < -0.3 is 0 Å². The van der Waals surface area contributed by atoms with Crippen LogP contribution < -0.4 is 0 Å². The van der Waals surface area contributed by atoms with Crippen LogP contribution in [0, 0.1) is 0 Å². The van der Waals surface area contributed by atoms with E-state index in [1.54, 1.807) is 0 Å². The Labute approximate surface area is 109 Å². The number of thiol groups is 1. The Hall–Kier alpha value is -1.21. The van der Waals surface area contributed by atoms with Crippen molar-refractivity contribution in [3.63, 3.8) is 0 Å². The van der Waals surface area contributed by atoms with Crippen molar-refractivity contribution < 1.29 is 0 Å². The zero-order chi connectivity index (χ0) is 12.5. The van der Waals surface area contributed by atoms with Crippen molar-refractivity contribution in [2.24, 2.45) is 0 Å². The van der Waals surface area contributed by atoms with Gasteiger partial charge in [0.05, 0.1) is 4.75 Å². The second-order valence-electron chi connectivity index (χ2n) is 4.75. The van der Waals surface area contributed by atoms with Gasteiger partial charge in [-0.05, 0) is 37.0 Å². The molecule has 0 nitrogen and oxygen atoms in total. The SMILES string of the molecule is C=C1/C=C(C)\C=C/Cc2ccccc2C1(C)S. The van der Waals surface area contributed by atoms with Crippen molar-refractivity contribution in [1.29, 1.82) is 0 Å². The smallest absolute Gasteiger partial charge is 0.0595 e. The third-order valence-electron chi connectivity index (χ3n) is 3.29. The predicted octanol–water partition coefficient (Wildman–Crippen LogP) is 4.45. The Morgan fingerprint density at radius 1 is 1.29 bits per heavy atom. The lowest BCUT2D eigenvalue weighted by Crippen LogP contribution is -2.17. The average molecular weight is 242 g/mol. The van der Waals surface area contributed by atoms with E-state index in [1.807, 2.05) is 0 Å². The van der Waals surface area contributed by atoms with Gasteiger partial charge in [-0.25, -0.2) is 0 Å². The minimum Gasteiger partial charge on any atom is -0.163 e. The Morgan fingerprint density at radius 2 is 2.00 bits per heavy atom. The topological polar surface area (TPSA) is 0 Å². The van der Waals surface area contributed by atoms with Gasteiger partial charge in [-0.1, -0.05) is 54.6 Å². The number of benzene rings is 1. The first-order valence-corrected chi connectivity index (χ1v) is 6.31. The molecule has 0 radical (unpaired) electrons. The van der Waals surface area contributed by atoms with Gasteiger partial charge in [0.1, 0.15) is 0 Å². The summed E-state index contributed by atoms with van der Waals surface area (Å²) >= 11 is 4.83. The van der Waals surface area contributed by atoms with E-state index in [2.05, 4.69) is 62.9 Å². The van der Waals surface area contributed by atoms with E-state index < -0.39 is 0 Å². The first-order valence-electron chi connectivity index (χ1n) is 5.87. The molecule has 1 atom stereocenters. The largest absolute Gasteiger partial charge is 0.163 e. The molecule has 0 bridgehead atoms. The second-order valence-corrected chi connectivity index (χ2v) is 5.64. The molecular weight excluding hydrogens is 224 g/mol. The summed E-state index contributed by atoms with van der Waals surface area (Å²) < 4.78 is -0.302. The molecular formula is C16H18S. The summed E-state index contributed by atoms with van der Waals surface area (Å²) in [5, 5.41) is 0. The van der Waals surface area contributed by atoms with Crippen LogP contribution in [0.2, 0.25) is 0 Å². The van der Waals surface area contributed by atoms with Crippen LogP contribution in [0.15, 0.2) is 60.2 Å². The van der Waals surface area contributed by atoms with Crippen LogP contribution in [0.25, 0.3) is 0 Å². The third-order valence-corrected chi connectivity index (χ3v) is 3.82. The second kappa shape index (κ2) is 4.58. The minimum atomic E-state index is -0.302. The van der Waals surface area contributed by atoms with Gasteiger partial charge in [0.2, 0.25) is 0 Å². The Bertz CT molecular complexity index is 504. The van der Waals surface area contributed by atoms with Gasteiger partial charge in [0.15, 0.2) is 0 Å². The molecule has 1 unspecified atom stereocenters. The van der Waals surface area contributed by atoms with E-state index in [1.165, 1.54) is 16.7 Å². The van der Waals surface area contributed by atoms with Crippen LogP contribution in [-0.2, 0) is 11.2 Å². The van der Waals surface area contributed by atoms with E-state index >= 15 is 0 Å². The molecule has 1 aliphatic rings. The number of allylic oxidation sites excluding steroid dienone is 4. The van der Waals surface area contributed by atoms with Crippen molar-refractivity contribution in [3.05, 3.63) is 71.3 Å². The molecule has 0 aliphatic heterocycles. The van der Waals surface area contributed by atoms with Crippen LogP contribution in [-0.4, -0.2) is 0 Å². The number of rotatable bonds is 0. The molecule has 0 N–H and O–H groups in total. The standard InChI is InChI=1S/C16H18S/c1-12-7-6-9-14-8-4-5-10-15(14)16(3,17)13(2)11-12/h4-8,10-11,17H,2,9H2,1,3H3/b7-6-,12-11-. The first kappa shape index (κ1) is 12.3. The summed E-state index contributed by atoms with van der Waals surface area (Å²) in [6.07, 6.45) is 7.42. The molecule has 1 heteroatoms. The molecule has 0 amide bonds. The highest BCUT2D eigenvalue weighted by molar-refractivity contribution is 7.81. The molecule has 0 spiro atoms. The van der Waals surface area contributed by atoms with Crippen molar-refractivity contribution in [3.8, 4) is 0 Å². The lowest BCUT2D eigenvalue weighted by molar-refractivity contribution is 0.835. The van der Waals surface area contributed by atoms with Crippen molar-refractivity contribution in [2.75, 3.05) is 0 Å². The normalized spacial score (nSPS) is 29.4. The summed E-state index contributed by atoms with van der Waals surface area (Å²) in [6, 6.07) is 8.47. The van der Waals surface area contributed by atoms with E-state index in [0.717, 1.165) is 12.0 Å². The summed E-state index contributed by atoms with van der Waals surface area (Å²) in [5.74, 6) is 0. The maximum absolute atomic E-state index is 4.83. The lowest BCUT2D eigenvalue weighted by Gasteiger charge is -2.27. The van der Waals surface area contributed by atoms with Crippen LogP contribution >= 0.6 is 12.6 Å². The molecule has 1 aromatic carbocycles. The molecule has 2 rings (SSSR count). The maximum atomic E-state index is 4.83. The highest BCUT2D eigenvalue weighted by atomic mass is 32.1. The highest BCUT2D eigenvalue weighted by Crippen LogP contribution is 2.38. The predicted molar refractivity (Wildman–Crippen MR) is 78.5 cm³/mol. The van der Waals surface area contributed by atoms with Gasteiger partial charge in [0.25, 0.3) is 0 Å². The third kappa shape index (κ3) is 2.39. The number of fused-ring (bicyclic) bond motifs is 1. The zero-order valence-corrected chi connectivity index (χ0v) is 11.3. The van der Waals surface area contributed by atoms with Crippen LogP contribution in [0.3, 0.4) is 0 Å². The summed E-state index contributed by atoms with van der Waals surface area (Å²) in [5.41, 5.74) is 4.84. The molecule has 0 saturated carbocycles. The van der Waals surface area contributed by atoms with Gasteiger partial charge in [-0.15, -0.1) is 0 Å². The summed E-state index contributed by atoms with van der Waals surface area (Å²) in [4.78, 5) is 0. The van der Waals surface area contributed by atoms with E-state index in [4.69, 9.17) is 12.6 Å². The van der Waals surface area contributed by atoms with Gasteiger partial charge in [-0.2, -0.15) is 12.6 Å². The van der Waals surface area contributed by atoms with Crippen molar-refractivity contribution >= 4 is 12.6 Å². The maximum Gasteiger partial charge on any atom is 0.0595 e. The monoisotopic (exact) mass is 242 g/mol. The first-order chi connectivity index (χ1) is 8.01. The fourth-order valence-corrected chi connectivity index (χ4v) is 2.46. The van der Waals surface area contributed by atoms with E-state index in [9.17, 15) is 0 Å². The van der Waals surface area contributed by atoms with E-state index in [0.29, 0.717) is 0 Å². The molecule has 88 valence electrons. The minimum absolute atomic E-state index is 0.302. The molecule has 0 saturated heterocycles. The van der Waals surface area contributed by atoms with Gasteiger partial charge >= 0.3 is 0 Å². The highest BCUT2D eigenvalue weighted by Gasteiger charge is 2.26. The Balaban J connectivity index is 2.61. The molecule has 0 aromatic heterocycles. The molecule has 0 heterocycles. The number of hydrogen-bond acceptors (Lipinski definition) is 1. The van der Waals surface area contributed by atoms with Gasteiger partial charge in [0, 0.05) is 0 Å². The quantitative estimate of drug-likeness (QED) is 0.639. The lowest BCUT2D eigenvalue weighted by atomic mass is 9.88. The zero-order valence-electron chi connectivity index (χ0n) is 10.4. The summed E-state index contributed by atoms with van der Waals surface area (Å²) in [7, 11) is 0. The molecule has 1 aliphatic carbocycles. The average Bonchev–Trinajstić information content (AvgIpc) is 2.32. The fourth-order valence-electron chi connectivity index (χ4n) is 2.18. The Kier molecular flexibility index (Phi) is 3.30. The van der Waals surface area contributed by atoms with Gasteiger partial charge in [-0.3, -0.25) is 0 Å².